The van der Waals surface area contributed by atoms with E-state index in [4.69, 9.17) is 16.3 Å². The van der Waals surface area contributed by atoms with Gasteiger partial charge in [0.25, 0.3) is 0 Å². The van der Waals surface area contributed by atoms with Gasteiger partial charge in [0, 0.05) is 43.9 Å². The highest BCUT2D eigenvalue weighted by Gasteiger charge is 2.34. The highest BCUT2D eigenvalue weighted by molar-refractivity contribution is 6.32. The summed E-state index contributed by atoms with van der Waals surface area (Å²) >= 11 is 6.34. The summed E-state index contributed by atoms with van der Waals surface area (Å²) < 4.78 is 47.0. The molecule has 0 bridgehead atoms. The van der Waals surface area contributed by atoms with Gasteiger partial charge in [0.2, 0.25) is 0 Å². The van der Waals surface area contributed by atoms with Crippen molar-refractivity contribution in [2.45, 2.75) is 45.8 Å². The van der Waals surface area contributed by atoms with Crippen LogP contribution in [0.25, 0.3) is 0 Å². The van der Waals surface area contributed by atoms with Gasteiger partial charge in [0.05, 0.1) is 17.2 Å². The predicted octanol–water partition coefficient (Wildman–Crippen LogP) is 10.8. The fourth-order valence-electron chi connectivity index (χ4n) is 4.97. The molecule has 0 saturated heterocycles. The van der Waals surface area contributed by atoms with Gasteiger partial charge in [-0.2, -0.15) is 13.2 Å². The number of benzene rings is 4. The largest absolute Gasteiger partial charge is 0.493 e. The lowest BCUT2D eigenvalue weighted by molar-refractivity contribution is -0.137. The molecule has 0 aromatic heterocycles. The average Bonchev–Trinajstić information content (AvgIpc) is 2.98. The first-order valence-electron chi connectivity index (χ1n) is 14.6. The van der Waals surface area contributed by atoms with Gasteiger partial charge >= 0.3 is 6.18 Å². The molecule has 4 rings (SSSR count). The van der Waals surface area contributed by atoms with Crippen molar-refractivity contribution in [3.63, 3.8) is 0 Å². The number of hydrogen-bond acceptors (Lipinski definition) is 3. The second kappa shape index (κ2) is 17.7. The third-order valence-electron chi connectivity index (χ3n) is 7.17. The average molecular weight is 682 g/mol. The summed E-state index contributed by atoms with van der Waals surface area (Å²) in [5, 5.41) is 3.21. The molecule has 4 aromatic rings. The molecular formula is C36H42Cl3F3N2O. The Balaban J connectivity index is 0.00000353. The van der Waals surface area contributed by atoms with Crippen molar-refractivity contribution in [2.75, 3.05) is 31.6 Å². The van der Waals surface area contributed by atoms with Crippen LogP contribution in [0.5, 0.6) is 5.75 Å². The Kier molecular flexibility index (Phi) is 15.1. The lowest BCUT2D eigenvalue weighted by Gasteiger charge is -2.29. The van der Waals surface area contributed by atoms with Gasteiger partial charge in [-0.3, -0.25) is 4.90 Å². The van der Waals surface area contributed by atoms with E-state index in [2.05, 4.69) is 55.3 Å². The maximum absolute atomic E-state index is 13.6. The van der Waals surface area contributed by atoms with Gasteiger partial charge in [0.1, 0.15) is 5.75 Å². The van der Waals surface area contributed by atoms with Gasteiger partial charge in [0.15, 0.2) is 0 Å². The van der Waals surface area contributed by atoms with Crippen molar-refractivity contribution in [1.82, 2.24) is 4.90 Å². The predicted molar refractivity (Wildman–Crippen MR) is 185 cm³/mol. The van der Waals surface area contributed by atoms with E-state index in [0.717, 1.165) is 35.2 Å². The molecule has 0 radical (unpaired) electrons. The standard InChI is InChI=1S/C36H40ClF3N2O.2ClH/c1-35(2,3)26-41-30-18-11-19-31(23-30)43-22-12-21-42(24-29-17-10-20-33(34(29)37)36(38,39)40)25-32(27-13-6-4-7-14-27)28-15-8-5-9-16-28;;/h4-11,13-20,23,32,41H,12,21-22,24-26H2,1-3H3;2*1H. The van der Waals surface area contributed by atoms with E-state index in [1.807, 2.05) is 60.7 Å². The highest BCUT2D eigenvalue weighted by atomic mass is 35.5. The smallest absolute Gasteiger partial charge is 0.417 e. The molecular weight excluding hydrogens is 640 g/mol. The van der Waals surface area contributed by atoms with Crippen LogP contribution in [0.1, 0.15) is 55.4 Å². The first kappa shape index (κ1) is 38.3. The molecule has 0 heterocycles. The maximum Gasteiger partial charge on any atom is 0.417 e. The molecule has 3 nitrogen and oxygen atoms in total. The van der Waals surface area contributed by atoms with Gasteiger partial charge in [-0.1, -0.05) is 111 Å². The van der Waals surface area contributed by atoms with Crippen molar-refractivity contribution >= 4 is 42.1 Å². The fraction of sp³-hybridized carbons (Fsp3) is 0.333. The number of halogens is 6. The highest BCUT2D eigenvalue weighted by Crippen LogP contribution is 2.37. The molecule has 0 spiro atoms. The minimum absolute atomic E-state index is 0. The second-order valence-corrected chi connectivity index (χ2v) is 12.4. The zero-order chi connectivity index (χ0) is 30.9. The molecule has 4 aromatic carbocycles. The van der Waals surface area contributed by atoms with E-state index in [1.165, 1.54) is 6.07 Å². The molecule has 0 fully saturated rings. The molecule has 1 N–H and O–H groups in total. The normalized spacial score (nSPS) is 11.6. The maximum atomic E-state index is 13.6. The Morgan fingerprint density at radius 3 is 1.98 bits per heavy atom. The first-order chi connectivity index (χ1) is 20.5. The number of anilines is 1. The van der Waals surface area contributed by atoms with Crippen LogP contribution in [0, 0.1) is 5.41 Å². The van der Waals surface area contributed by atoms with Crippen LogP contribution in [-0.4, -0.2) is 31.1 Å². The van der Waals surface area contributed by atoms with Crippen LogP contribution in [0.2, 0.25) is 5.02 Å². The molecule has 0 saturated carbocycles. The minimum Gasteiger partial charge on any atom is -0.493 e. The zero-order valence-electron chi connectivity index (χ0n) is 25.8. The quantitative estimate of drug-likeness (QED) is 0.142. The Bertz CT molecular complexity index is 1390. The van der Waals surface area contributed by atoms with Gasteiger partial charge < -0.3 is 10.1 Å². The van der Waals surface area contributed by atoms with E-state index in [0.29, 0.717) is 31.7 Å². The van der Waals surface area contributed by atoms with Crippen molar-refractivity contribution < 1.29 is 17.9 Å². The summed E-state index contributed by atoms with van der Waals surface area (Å²) in [5.41, 5.74) is 3.09. The third kappa shape index (κ3) is 12.1. The van der Waals surface area contributed by atoms with Crippen molar-refractivity contribution in [1.29, 1.82) is 0 Å². The number of ether oxygens (including phenoxy) is 1. The summed E-state index contributed by atoms with van der Waals surface area (Å²) in [5.74, 6) is 0.802. The molecule has 0 atom stereocenters. The zero-order valence-corrected chi connectivity index (χ0v) is 28.2. The van der Waals surface area contributed by atoms with Crippen molar-refractivity contribution in [3.05, 3.63) is 130 Å². The molecule has 0 aliphatic rings. The number of nitrogens with one attached hydrogen (secondary N) is 1. The van der Waals surface area contributed by atoms with E-state index in [1.54, 1.807) is 6.07 Å². The number of nitrogens with zero attached hydrogens (tertiary/aromatic N) is 1. The second-order valence-electron chi connectivity index (χ2n) is 12.0. The molecule has 0 amide bonds. The molecule has 45 heavy (non-hydrogen) atoms. The Morgan fingerprint density at radius 1 is 0.800 bits per heavy atom. The van der Waals surface area contributed by atoms with Gasteiger partial charge in [-0.05, 0) is 46.7 Å². The summed E-state index contributed by atoms with van der Waals surface area (Å²) in [7, 11) is 0. The molecule has 9 heteroatoms. The third-order valence-corrected chi connectivity index (χ3v) is 7.61. The van der Waals surface area contributed by atoms with Crippen LogP contribution >= 0.6 is 36.4 Å². The Hall–Kier alpha value is -2.90. The Morgan fingerprint density at radius 2 is 1.40 bits per heavy atom. The molecule has 0 aliphatic carbocycles. The molecule has 0 aliphatic heterocycles. The topological polar surface area (TPSA) is 24.5 Å². The van der Waals surface area contributed by atoms with E-state index in [-0.39, 0.29) is 47.7 Å². The molecule has 0 unspecified atom stereocenters. The van der Waals surface area contributed by atoms with Crippen molar-refractivity contribution in [3.8, 4) is 5.75 Å². The summed E-state index contributed by atoms with van der Waals surface area (Å²) in [6.07, 6.45) is -3.83. The van der Waals surface area contributed by atoms with Gasteiger partial charge in [-0.15, -0.1) is 24.8 Å². The van der Waals surface area contributed by atoms with Crippen molar-refractivity contribution in [2.24, 2.45) is 5.41 Å². The number of hydrogen-bond donors (Lipinski definition) is 1. The van der Waals surface area contributed by atoms with Crippen LogP contribution in [0.3, 0.4) is 0 Å². The lowest BCUT2D eigenvalue weighted by Crippen LogP contribution is -2.31. The van der Waals surface area contributed by atoms with Crippen LogP contribution in [0.15, 0.2) is 103 Å². The Labute approximate surface area is 283 Å². The summed E-state index contributed by atoms with van der Waals surface area (Å²) in [4.78, 5) is 2.18. The fourth-order valence-corrected chi connectivity index (χ4v) is 5.26. The van der Waals surface area contributed by atoms with Gasteiger partial charge in [-0.25, -0.2) is 0 Å². The first-order valence-corrected chi connectivity index (χ1v) is 15.0. The van der Waals surface area contributed by atoms with Crippen LogP contribution in [0.4, 0.5) is 18.9 Å². The van der Waals surface area contributed by atoms with E-state index in [9.17, 15) is 13.2 Å². The molecule has 244 valence electrons. The summed E-state index contributed by atoms with van der Waals surface area (Å²) in [6, 6.07) is 32.4. The monoisotopic (exact) mass is 680 g/mol. The SMILES string of the molecule is CC(C)(C)CNc1cccc(OCCCN(Cc2cccc(C(F)(F)F)c2Cl)CC(c2ccccc2)c2ccccc2)c1.Cl.Cl. The van der Waals surface area contributed by atoms with Crippen LogP contribution < -0.4 is 10.1 Å². The number of alkyl halides is 3. The van der Waals surface area contributed by atoms with E-state index < -0.39 is 11.7 Å². The lowest BCUT2D eigenvalue weighted by atomic mass is 9.90. The number of rotatable bonds is 13. The van der Waals surface area contributed by atoms with E-state index >= 15 is 0 Å². The van der Waals surface area contributed by atoms with Crippen LogP contribution in [-0.2, 0) is 12.7 Å². The minimum atomic E-state index is -4.52. The summed E-state index contributed by atoms with van der Waals surface area (Å²) in [6.45, 7) is 9.35.